The summed E-state index contributed by atoms with van der Waals surface area (Å²) in [7, 11) is 1.31. The molecule has 6 nitrogen and oxygen atoms in total. The molecule has 2 rings (SSSR count). The Labute approximate surface area is 138 Å². The lowest BCUT2D eigenvalue weighted by atomic mass is 9.64. The van der Waals surface area contributed by atoms with Crippen LogP contribution in [0.15, 0.2) is 0 Å². The van der Waals surface area contributed by atoms with E-state index in [0.29, 0.717) is 25.9 Å². The molecule has 0 atom stereocenters. The van der Waals surface area contributed by atoms with Gasteiger partial charge in [0.1, 0.15) is 5.60 Å². The smallest absolute Gasteiger partial charge is 0.410 e. The van der Waals surface area contributed by atoms with Crippen molar-refractivity contribution in [2.75, 3.05) is 20.2 Å². The highest BCUT2D eigenvalue weighted by Crippen LogP contribution is 2.47. The number of carbonyl (C=O) groups excluding carboxylic acids is 2. The van der Waals surface area contributed by atoms with Crippen molar-refractivity contribution in [1.82, 2.24) is 4.90 Å². The molecule has 1 saturated heterocycles. The highest BCUT2D eigenvalue weighted by Gasteiger charge is 2.48. The van der Waals surface area contributed by atoms with Crippen molar-refractivity contribution in [2.24, 2.45) is 5.41 Å². The molecule has 1 heterocycles. The van der Waals surface area contributed by atoms with Gasteiger partial charge in [0.25, 0.3) is 0 Å². The number of likely N-dealkylation sites (tertiary alicyclic amines) is 1. The number of hydrogen-bond acceptors (Lipinski definition) is 5. The number of hydrogen-bond donors (Lipinski definition) is 1. The molecule has 23 heavy (non-hydrogen) atoms. The second kappa shape index (κ2) is 6.30. The summed E-state index contributed by atoms with van der Waals surface area (Å²) in [6.45, 7) is 6.94. The van der Waals surface area contributed by atoms with Crippen LogP contribution in [0, 0.1) is 5.41 Å². The summed E-state index contributed by atoms with van der Waals surface area (Å²) in [5.74, 6) is -0.529. The van der Waals surface area contributed by atoms with Crippen LogP contribution >= 0.6 is 0 Å². The third kappa shape index (κ3) is 4.16. The molecule has 1 amide bonds. The molecule has 1 aliphatic carbocycles. The van der Waals surface area contributed by atoms with E-state index in [-0.39, 0.29) is 11.5 Å². The summed E-state index contributed by atoms with van der Waals surface area (Å²) < 4.78 is 10.1. The highest BCUT2D eigenvalue weighted by molar-refractivity contribution is 5.79. The Kier molecular flexibility index (Phi) is 4.95. The molecule has 1 N–H and O–H groups in total. The summed E-state index contributed by atoms with van der Waals surface area (Å²) in [5, 5.41) is 10.4. The first-order chi connectivity index (χ1) is 10.6. The summed E-state index contributed by atoms with van der Waals surface area (Å²) in [6, 6.07) is 0. The maximum absolute atomic E-state index is 12.1. The minimum Gasteiger partial charge on any atom is -0.467 e. The second-order valence-corrected chi connectivity index (χ2v) is 7.99. The summed E-state index contributed by atoms with van der Waals surface area (Å²) in [5.41, 5.74) is -1.69. The first kappa shape index (κ1) is 18.0. The molecular weight excluding hydrogens is 298 g/mol. The van der Waals surface area contributed by atoms with Gasteiger partial charge in [0.15, 0.2) is 5.60 Å². The van der Waals surface area contributed by atoms with Crippen molar-refractivity contribution in [2.45, 2.75) is 70.5 Å². The van der Waals surface area contributed by atoms with Gasteiger partial charge < -0.3 is 19.5 Å². The Bertz CT molecular complexity index is 450. The fraction of sp³-hybridized carbons (Fsp3) is 0.882. The Balaban J connectivity index is 1.88. The van der Waals surface area contributed by atoms with Gasteiger partial charge in [0.2, 0.25) is 0 Å². The Morgan fingerprint density at radius 1 is 1.00 bits per heavy atom. The molecule has 1 aliphatic heterocycles. The van der Waals surface area contributed by atoms with E-state index in [1.165, 1.54) is 7.11 Å². The van der Waals surface area contributed by atoms with Gasteiger partial charge in [-0.25, -0.2) is 9.59 Å². The summed E-state index contributed by atoms with van der Waals surface area (Å²) >= 11 is 0. The molecule has 0 bridgehead atoms. The lowest BCUT2D eigenvalue weighted by molar-refractivity contribution is -0.169. The van der Waals surface area contributed by atoms with E-state index in [0.717, 1.165) is 25.7 Å². The first-order valence-electron chi connectivity index (χ1n) is 8.38. The van der Waals surface area contributed by atoms with Crippen LogP contribution in [0.5, 0.6) is 0 Å². The lowest BCUT2D eigenvalue weighted by Crippen LogP contribution is -2.50. The van der Waals surface area contributed by atoms with E-state index in [2.05, 4.69) is 0 Å². The topological polar surface area (TPSA) is 76.1 Å². The van der Waals surface area contributed by atoms with Crippen molar-refractivity contribution in [3.05, 3.63) is 0 Å². The Morgan fingerprint density at radius 3 is 1.96 bits per heavy atom. The van der Waals surface area contributed by atoms with Gasteiger partial charge in [-0.05, 0) is 64.7 Å². The van der Waals surface area contributed by atoms with E-state index < -0.39 is 17.2 Å². The van der Waals surface area contributed by atoms with Crippen LogP contribution in [0.25, 0.3) is 0 Å². The molecule has 2 fully saturated rings. The second-order valence-electron chi connectivity index (χ2n) is 7.99. The molecule has 1 spiro atoms. The monoisotopic (exact) mass is 327 g/mol. The Morgan fingerprint density at radius 2 is 1.52 bits per heavy atom. The Hall–Kier alpha value is -1.30. The average Bonchev–Trinajstić information content (AvgIpc) is 2.49. The average molecular weight is 327 g/mol. The number of aliphatic hydroxyl groups is 1. The quantitative estimate of drug-likeness (QED) is 0.749. The van der Waals surface area contributed by atoms with Gasteiger partial charge in [-0.3, -0.25) is 0 Å². The number of carbonyl (C=O) groups is 2. The van der Waals surface area contributed by atoms with E-state index in [4.69, 9.17) is 9.47 Å². The number of esters is 1. The van der Waals surface area contributed by atoms with Crippen LogP contribution < -0.4 is 0 Å². The molecule has 2 aliphatic rings. The van der Waals surface area contributed by atoms with Crippen molar-refractivity contribution < 1.29 is 24.2 Å². The van der Waals surface area contributed by atoms with Crippen LogP contribution in [0.4, 0.5) is 4.79 Å². The van der Waals surface area contributed by atoms with Crippen LogP contribution in [0.1, 0.15) is 59.3 Å². The van der Waals surface area contributed by atoms with E-state index >= 15 is 0 Å². The minimum atomic E-state index is -1.33. The van der Waals surface area contributed by atoms with Gasteiger partial charge in [-0.15, -0.1) is 0 Å². The van der Waals surface area contributed by atoms with Crippen LogP contribution in [-0.2, 0) is 14.3 Å². The predicted molar refractivity (Wildman–Crippen MR) is 84.9 cm³/mol. The maximum atomic E-state index is 12.1. The van der Waals surface area contributed by atoms with Crippen LogP contribution in [-0.4, -0.2) is 53.5 Å². The molecule has 0 unspecified atom stereocenters. The molecule has 132 valence electrons. The highest BCUT2D eigenvalue weighted by atomic mass is 16.6. The van der Waals surface area contributed by atoms with Crippen molar-refractivity contribution in [1.29, 1.82) is 0 Å². The molecular formula is C17H29NO5. The number of ether oxygens (including phenoxy) is 2. The van der Waals surface area contributed by atoms with Gasteiger partial charge in [0.05, 0.1) is 7.11 Å². The summed E-state index contributed by atoms with van der Waals surface area (Å²) in [4.78, 5) is 25.6. The van der Waals surface area contributed by atoms with E-state index in [9.17, 15) is 14.7 Å². The minimum absolute atomic E-state index is 0.124. The number of piperidine rings is 1. The SMILES string of the molecule is COC(=O)C1(O)CCC2(CCN(C(=O)OC(C)(C)C)CC2)CC1. The van der Waals surface area contributed by atoms with Crippen LogP contribution in [0.3, 0.4) is 0 Å². The molecule has 0 aromatic rings. The van der Waals surface area contributed by atoms with Crippen molar-refractivity contribution in [3.8, 4) is 0 Å². The molecule has 1 saturated carbocycles. The lowest BCUT2D eigenvalue weighted by Gasteiger charge is -2.47. The van der Waals surface area contributed by atoms with Crippen molar-refractivity contribution >= 4 is 12.1 Å². The number of rotatable bonds is 1. The standard InChI is InChI=1S/C17H29NO5/c1-15(2,3)23-14(20)18-11-9-16(10-12-18)5-7-17(21,8-6-16)13(19)22-4/h21H,5-12H2,1-4H3. The van der Waals surface area contributed by atoms with Gasteiger partial charge in [0, 0.05) is 13.1 Å². The molecule has 0 aromatic carbocycles. The van der Waals surface area contributed by atoms with Crippen LogP contribution in [0.2, 0.25) is 0 Å². The van der Waals surface area contributed by atoms with Crippen molar-refractivity contribution in [3.63, 3.8) is 0 Å². The zero-order valence-electron chi connectivity index (χ0n) is 14.7. The van der Waals surface area contributed by atoms with E-state index in [1.54, 1.807) is 4.90 Å². The zero-order chi connectivity index (χ0) is 17.3. The fourth-order valence-corrected chi connectivity index (χ4v) is 3.58. The fourth-order valence-electron chi connectivity index (χ4n) is 3.58. The largest absolute Gasteiger partial charge is 0.467 e. The van der Waals surface area contributed by atoms with Gasteiger partial charge in [-0.2, -0.15) is 0 Å². The van der Waals surface area contributed by atoms with Gasteiger partial charge in [-0.1, -0.05) is 0 Å². The molecule has 6 heteroatoms. The maximum Gasteiger partial charge on any atom is 0.410 e. The van der Waals surface area contributed by atoms with Gasteiger partial charge >= 0.3 is 12.1 Å². The number of nitrogens with zero attached hydrogens (tertiary/aromatic N) is 1. The normalized spacial score (nSPS) is 23.4. The predicted octanol–water partition coefficient (Wildman–Crippen LogP) is 2.48. The molecule has 0 aromatic heterocycles. The third-order valence-corrected chi connectivity index (χ3v) is 5.18. The summed E-state index contributed by atoms with van der Waals surface area (Å²) in [6.07, 6.45) is 3.99. The molecule has 0 radical (unpaired) electrons. The number of amides is 1. The zero-order valence-corrected chi connectivity index (χ0v) is 14.7. The number of methoxy groups -OCH3 is 1. The third-order valence-electron chi connectivity index (χ3n) is 5.18. The van der Waals surface area contributed by atoms with E-state index in [1.807, 2.05) is 20.8 Å². The first-order valence-corrected chi connectivity index (χ1v) is 8.38.